The number of aryl methyl sites for hydroxylation is 5. The van der Waals surface area contributed by atoms with Gasteiger partial charge in [-0.25, -0.2) is 4.99 Å². The number of guanidine groups is 1. The molecular weight excluding hydrogens is 386 g/mol. The van der Waals surface area contributed by atoms with Gasteiger partial charge in [-0.05, 0) is 62.9 Å². The zero-order valence-electron chi connectivity index (χ0n) is 19.0. The second-order valence-electron chi connectivity index (χ2n) is 7.88. The number of rotatable bonds is 6. The molecule has 0 bridgehead atoms. The fourth-order valence-corrected chi connectivity index (χ4v) is 3.33. The lowest BCUT2D eigenvalue weighted by atomic mass is 10.1. The van der Waals surface area contributed by atoms with Crippen molar-refractivity contribution in [3.8, 4) is 0 Å². The van der Waals surface area contributed by atoms with Gasteiger partial charge in [-0.15, -0.1) is 0 Å². The smallest absolute Gasteiger partial charge is 0.258 e. The Kier molecular flexibility index (Phi) is 7.23. The van der Waals surface area contributed by atoms with Crippen molar-refractivity contribution in [2.24, 2.45) is 4.99 Å². The molecule has 1 amide bonds. The predicted molar refractivity (Wildman–Crippen MR) is 127 cm³/mol. The van der Waals surface area contributed by atoms with E-state index in [1.54, 1.807) is 0 Å². The molecule has 0 aliphatic carbocycles. The van der Waals surface area contributed by atoms with E-state index in [0.29, 0.717) is 18.1 Å². The number of amides is 1. The van der Waals surface area contributed by atoms with Crippen LogP contribution in [0.5, 0.6) is 0 Å². The first-order valence-corrected chi connectivity index (χ1v) is 10.7. The molecule has 0 spiro atoms. The van der Waals surface area contributed by atoms with Gasteiger partial charge in [0.15, 0.2) is 0 Å². The van der Waals surface area contributed by atoms with Crippen LogP contribution in [0.2, 0.25) is 0 Å². The largest absolute Gasteiger partial charge is 0.326 e. The Labute approximate surface area is 184 Å². The Morgan fingerprint density at radius 2 is 1.84 bits per heavy atom. The third-order valence-corrected chi connectivity index (χ3v) is 5.18. The summed E-state index contributed by atoms with van der Waals surface area (Å²) in [6.07, 6.45) is 3.05. The minimum Gasteiger partial charge on any atom is -0.326 e. The molecule has 0 radical (unpaired) electrons. The van der Waals surface area contributed by atoms with Crippen molar-refractivity contribution < 1.29 is 4.79 Å². The van der Waals surface area contributed by atoms with Crippen LogP contribution in [-0.2, 0) is 13.1 Å². The molecule has 0 aliphatic heterocycles. The van der Waals surface area contributed by atoms with Gasteiger partial charge in [0, 0.05) is 29.6 Å². The Balaban J connectivity index is 1.88. The van der Waals surface area contributed by atoms with E-state index in [0.717, 1.165) is 46.6 Å². The molecule has 3 rings (SSSR count). The van der Waals surface area contributed by atoms with Gasteiger partial charge in [-0.1, -0.05) is 37.3 Å². The molecule has 162 valence electrons. The molecule has 6 heteroatoms. The number of anilines is 1. The number of nitrogens with one attached hydrogen (secondary N) is 2. The van der Waals surface area contributed by atoms with Crippen LogP contribution < -0.4 is 10.6 Å². The number of hydrogen-bond donors (Lipinski definition) is 2. The van der Waals surface area contributed by atoms with Gasteiger partial charge < -0.3 is 5.32 Å². The first kappa shape index (κ1) is 22.3. The van der Waals surface area contributed by atoms with Gasteiger partial charge >= 0.3 is 0 Å². The maximum atomic E-state index is 12.9. The normalized spacial score (nSPS) is 11.5. The number of aliphatic imine (C=N–C) groups is 1. The van der Waals surface area contributed by atoms with Gasteiger partial charge in [0.05, 0.1) is 12.2 Å². The summed E-state index contributed by atoms with van der Waals surface area (Å²) in [4.78, 5) is 17.6. The van der Waals surface area contributed by atoms with Crippen LogP contribution in [-0.4, -0.2) is 21.6 Å². The molecule has 0 unspecified atom stereocenters. The third kappa shape index (κ3) is 5.81. The van der Waals surface area contributed by atoms with Gasteiger partial charge in [0.2, 0.25) is 5.96 Å². The standard InChI is InChI=1S/C25H31N5O/c1-6-13-30-16-21(20(5)29-30)15-26-25(27-23-14-17(2)11-12-19(23)4)28-24(31)22-10-8-7-9-18(22)3/h7-12,14,16H,6,13,15H2,1-5H3,(H2,26,27,28,31). The van der Waals surface area contributed by atoms with Crippen molar-refractivity contribution in [1.29, 1.82) is 0 Å². The lowest BCUT2D eigenvalue weighted by molar-refractivity contribution is 0.0976. The molecule has 2 N–H and O–H groups in total. The van der Waals surface area contributed by atoms with Crippen molar-refractivity contribution in [1.82, 2.24) is 15.1 Å². The lowest BCUT2D eigenvalue weighted by Crippen LogP contribution is -2.36. The van der Waals surface area contributed by atoms with Gasteiger partial charge in [0.25, 0.3) is 5.91 Å². The fourth-order valence-electron chi connectivity index (χ4n) is 3.33. The van der Waals surface area contributed by atoms with Crippen molar-refractivity contribution in [3.63, 3.8) is 0 Å². The van der Waals surface area contributed by atoms with E-state index in [9.17, 15) is 4.79 Å². The molecule has 1 aromatic heterocycles. The first-order chi connectivity index (χ1) is 14.9. The number of nitrogens with zero attached hydrogens (tertiary/aromatic N) is 3. The molecular formula is C25H31N5O. The van der Waals surface area contributed by atoms with Gasteiger partial charge in [0.1, 0.15) is 0 Å². The zero-order valence-corrected chi connectivity index (χ0v) is 19.0. The number of hydrogen-bond acceptors (Lipinski definition) is 3. The van der Waals surface area contributed by atoms with Crippen molar-refractivity contribution in [2.75, 3.05) is 5.32 Å². The highest BCUT2D eigenvalue weighted by molar-refractivity contribution is 6.10. The van der Waals surface area contributed by atoms with Crippen LogP contribution in [0.15, 0.2) is 53.7 Å². The minimum absolute atomic E-state index is 0.187. The monoisotopic (exact) mass is 417 g/mol. The van der Waals surface area contributed by atoms with Crippen molar-refractivity contribution in [3.05, 3.63) is 82.2 Å². The van der Waals surface area contributed by atoms with Crippen LogP contribution in [0.3, 0.4) is 0 Å². The Hall–Kier alpha value is -3.41. The van der Waals surface area contributed by atoms with E-state index in [-0.39, 0.29) is 5.91 Å². The summed E-state index contributed by atoms with van der Waals surface area (Å²) in [7, 11) is 0. The van der Waals surface area contributed by atoms with Crippen LogP contribution >= 0.6 is 0 Å². The highest BCUT2D eigenvalue weighted by Crippen LogP contribution is 2.17. The van der Waals surface area contributed by atoms with E-state index in [1.807, 2.05) is 62.8 Å². The summed E-state index contributed by atoms with van der Waals surface area (Å²) in [6.45, 7) is 11.4. The molecule has 0 atom stereocenters. The van der Waals surface area contributed by atoms with Crippen molar-refractivity contribution >= 4 is 17.6 Å². The van der Waals surface area contributed by atoms with E-state index in [4.69, 9.17) is 4.99 Å². The Bertz CT molecular complexity index is 1100. The maximum Gasteiger partial charge on any atom is 0.258 e. The SMILES string of the molecule is CCCn1cc(CN=C(NC(=O)c2ccccc2C)Nc2cc(C)ccc2C)c(C)n1. The summed E-state index contributed by atoms with van der Waals surface area (Å²) in [6, 6.07) is 13.7. The summed E-state index contributed by atoms with van der Waals surface area (Å²) in [5.74, 6) is 0.234. The predicted octanol–water partition coefficient (Wildman–Crippen LogP) is 4.92. The molecule has 3 aromatic rings. The quantitative estimate of drug-likeness (QED) is 0.441. The van der Waals surface area contributed by atoms with Crippen molar-refractivity contribution in [2.45, 2.75) is 54.1 Å². The second-order valence-corrected chi connectivity index (χ2v) is 7.88. The summed E-state index contributed by atoms with van der Waals surface area (Å²) >= 11 is 0. The number of carbonyl (C=O) groups excluding carboxylic acids is 1. The number of aromatic nitrogens is 2. The molecule has 0 saturated heterocycles. The maximum absolute atomic E-state index is 12.9. The Morgan fingerprint density at radius 3 is 2.58 bits per heavy atom. The first-order valence-electron chi connectivity index (χ1n) is 10.7. The van der Waals surface area contributed by atoms with E-state index < -0.39 is 0 Å². The third-order valence-electron chi connectivity index (χ3n) is 5.18. The highest BCUT2D eigenvalue weighted by Gasteiger charge is 2.13. The molecule has 1 heterocycles. The van der Waals surface area contributed by atoms with Gasteiger partial charge in [-0.2, -0.15) is 5.10 Å². The lowest BCUT2D eigenvalue weighted by Gasteiger charge is -2.15. The highest BCUT2D eigenvalue weighted by atomic mass is 16.1. The van der Waals surface area contributed by atoms with Crippen LogP contribution in [0.1, 0.15) is 51.7 Å². The van der Waals surface area contributed by atoms with E-state index in [2.05, 4.69) is 40.9 Å². The fraction of sp³-hybridized carbons (Fsp3) is 0.320. The van der Waals surface area contributed by atoms with Crippen LogP contribution in [0.25, 0.3) is 0 Å². The van der Waals surface area contributed by atoms with Crippen LogP contribution in [0.4, 0.5) is 5.69 Å². The summed E-state index contributed by atoms with van der Waals surface area (Å²) < 4.78 is 1.95. The zero-order chi connectivity index (χ0) is 22.4. The van der Waals surface area contributed by atoms with Gasteiger partial charge in [-0.3, -0.25) is 14.8 Å². The second kappa shape index (κ2) is 10.1. The molecule has 2 aromatic carbocycles. The molecule has 31 heavy (non-hydrogen) atoms. The van der Waals surface area contributed by atoms with E-state index in [1.165, 1.54) is 0 Å². The van der Waals surface area contributed by atoms with E-state index >= 15 is 0 Å². The number of carbonyl (C=O) groups is 1. The number of benzene rings is 2. The molecule has 0 aliphatic rings. The topological polar surface area (TPSA) is 71.3 Å². The minimum atomic E-state index is -0.187. The molecule has 6 nitrogen and oxygen atoms in total. The average molecular weight is 418 g/mol. The van der Waals surface area contributed by atoms with Crippen LogP contribution in [0, 0.1) is 27.7 Å². The molecule has 0 saturated carbocycles. The Morgan fingerprint density at radius 1 is 1.06 bits per heavy atom. The molecule has 0 fully saturated rings. The summed E-state index contributed by atoms with van der Waals surface area (Å²) in [5.41, 5.74) is 6.67. The summed E-state index contributed by atoms with van der Waals surface area (Å²) in [5, 5.41) is 10.8. The average Bonchev–Trinajstić information content (AvgIpc) is 3.08.